The lowest BCUT2D eigenvalue weighted by Crippen LogP contribution is -2.37. The Balaban J connectivity index is 1.94. The second-order valence-corrected chi connectivity index (χ2v) is 6.37. The molecule has 0 saturated carbocycles. The molecule has 0 N–H and O–H groups in total. The van der Waals surface area contributed by atoms with Crippen LogP contribution in [-0.2, 0) is 11.3 Å². The van der Waals surface area contributed by atoms with Gasteiger partial charge in [0.25, 0.3) is 0 Å². The van der Waals surface area contributed by atoms with E-state index in [9.17, 15) is 4.79 Å². The maximum absolute atomic E-state index is 12.3. The van der Waals surface area contributed by atoms with Crippen LogP contribution in [0, 0.1) is 0 Å². The molecule has 5 heteroatoms. The van der Waals surface area contributed by atoms with Crippen molar-refractivity contribution >= 4 is 17.0 Å². The van der Waals surface area contributed by atoms with E-state index >= 15 is 0 Å². The van der Waals surface area contributed by atoms with Crippen LogP contribution in [0.25, 0.3) is 10.9 Å². The van der Waals surface area contributed by atoms with E-state index in [2.05, 4.69) is 4.98 Å². The number of nitrogens with zero attached hydrogens (tertiary/aromatic N) is 2. The lowest BCUT2D eigenvalue weighted by Gasteiger charge is -2.26. The molecule has 5 nitrogen and oxygen atoms in total. The predicted molar refractivity (Wildman–Crippen MR) is 83.9 cm³/mol. The number of carbonyl (C=O) groups excluding carboxylic acids is 1. The molecule has 1 aromatic carbocycles. The number of hydrogen-bond donors (Lipinski definition) is 0. The van der Waals surface area contributed by atoms with Gasteiger partial charge in [0.2, 0.25) is 0 Å². The van der Waals surface area contributed by atoms with Crippen LogP contribution in [0.3, 0.4) is 0 Å². The number of amides is 1. The minimum absolute atomic E-state index is 0.322. The molecular formula is C17H20N2O3. The van der Waals surface area contributed by atoms with Crippen molar-refractivity contribution in [1.82, 2.24) is 9.88 Å². The summed E-state index contributed by atoms with van der Waals surface area (Å²) >= 11 is 0. The van der Waals surface area contributed by atoms with Crippen LogP contribution in [0.2, 0.25) is 0 Å². The molecule has 0 radical (unpaired) electrons. The Morgan fingerprint density at radius 3 is 2.91 bits per heavy atom. The molecule has 1 aromatic heterocycles. The molecule has 3 rings (SSSR count). The molecule has 0 unspecified atom stereocenters. The number of fused-ring (bicyclic) bond motifs is 3. The first-order chi connectivity index (χ1) is 10.4. The Bertz CT molecular complexity index is 707. The molecule has 1 aliphatic heterocycles. The first-order valence-electron chi connectivity index (χ1n) is 7.41. The minimum atomic E-state index is -0.510. The standard InChI is InChI=1S/C17H20N2O3/c1-17(2,3)22-16(20)19-9-10-21-14-7-6-12-5-4-8-18-15(12)13(14)11-19/h4-8H,9-11H2,1-3H3. The van der Waals surface area contributed by atoms with Gasteiger partial charge in [-0.3, -0.25) is 4.98 Å². The van der Waals surface area contributed by atoms with Crippen molar-refractivity contribution in [3.8, 4) is 5.75 Å². The normalized spacial score (nSPS) is 15.0. The average Bonchev–Trinajstić information content (AvgIpc) is 2.68. The van der Waals surface area contributed by atoms with E-state index in [0.29, 0.717) is 19.7 Å². The van der Waals surface area contributed by atoms with Gasteiger partial charge in [0.15, 0.2) is 0 Å². The fraction of sp³-hybridized carbons (Fsp3) is 0.412. The van der Waals surface area contributed by atoms with Crippen molar-refractivity contribution in [2.45, 2.75) is 32.9 Å². The quantitative estimate of drug-likeness (QED) is 0.748. The summed E-state index contributed by atoms with van der Waals surface area (Å²) in [6.45, 7) is 6.99. The molecule has 0 bridgehead atoms. The maximum atomic E-state index is 12.3. The van der Waals surface area contributed by atoms with Crippen LogP contribution in [0.5, 0.6) is 5.75 Å². The summed E-state index contributed by atoms with van der Waals surface area (Å²) in [6.07, 6.45) is 1.43. The lowest BCUT2D eigenvalue weighted by molar-refractivity contribution is 0.0226. The van der Waals surface area contributed by atoms with E-state index in [-0.39, 0.29) is 6.09 Å². The van der Waals surface area contributed by atoms with Crippen molar-refractivity contribution in [1.29, 1.82) is 0 Å². The highest BCUT2D eigenvalue weighted by molar-refractivity contribution is 5.84. The third kappa shape index (κ3) is 2.98. The highest BCUT2D eigenvalue weighted by Crippen LogP contribution is 2.30. The van der Waals surface area contributed by atoms with Crippen molar-refractivity contribution < 1.29 is 14.3 Å². The number of carbonyl (C=O) groups is 1. The third-order valence-electron chi connectivity index (χ3n) is 3.46. The number of ether oxygens (including phenoxy) is 2. The summed E-state index contributed by atoms with van der Waals surface area (Å²) < 4.78 is 11.2. The highest BCUT2D eigenvalue weighted by atomic mass is 16.6. The largest absolute Gasteiger partial charge is 0.491 e. The van der Waals surface area contributed by atoms with Crippen LogP contribution < -0.4 is 4.74 Å². The molecule has 2 heterocycles. The number of rotatable bonds is 0. The van der Waals surface area contributed by atoms with E-state index < -0.39 is 5.60 Å². The number of hydrogen-bond acceptors (Lipinski definition) is 4. The summed E-state index contributed by atoms with van der Waals surface area (Å²) in [5.74, 6) is 0.789. The smallest absolute Gasteiger partial charge is 0.410 e. The number of aromatic nitrogens is 1. The van der Waals surface area contributed by atoms with Crippen molar-refractivity contribution in [2.75, 3.05) is 13.2 Å². The van der Waals surface area contributed by atoms with E-state index in [4.69, 9.17) is 9.47 Å². The molecule has 116 valence electrons. The summed E-state index contributed by atoms with van der Waals surface area (Å²) in [5, 5.41) is 1.04. The summed E-state index contributed by atoms with van der Waals surface area (Å²) in [6, 6.07) is 7.84. The van der Waals surface area contributed by atoms with Crippen LogP contribution in [-0.4, -0.2) is 34.7 Å². The van der Waals surface area contributed by atoms with E-state index in [0.717, 1.165) is 22.2 Å². The topological polar surface area (TPSA) is 51.7 Å². The Morgan fingerprint density at radius 2 is 2.14 bits per heavy atom. The van der Waals surface area contributed by atoms with Gasteiger partial charge in [-0.1, -0.05) is 6.07 Å². The zero-order valence-corrected chi connectivity index (χ0v) is 13.1. The molecule has 0 aliphatic carbocycles. The third-order valence-corrected chi connectivity index (χ3v) is 3.46. The summed E-state index contributed by atoms with van der Waals surface area (Å²) in [7, 11) is 0. The molecule has 0 atom stereocenters. The molecule has 1 amide bonds. The van der Waals surface area contributed by atoms with Crippen LogP contribution >= 0.6 is 0 Å². The Kier molecular flexibility index (Phi) is 3.64. The molecule has 0 saturated heterocycles. The first kappa shape index (κ1) is 14.6. The van der Waals surface area contributed by atoms with Gasteiger partial charge in [-0.25, -0.2) is 4.79 Å². The molecule has 2 aromatic rings. The van der Waals surface area contributed by atoms with Crippen LogP contribution in [0.4, 0.5) is 4.79 Å². The second-order valence-electron chi connectivity index (χ2n) is 6.37. The second kappa shape index (κ2) is 5.48. The van der Waals surface area contributed by atoms with Gasteiger partial charge in [0.05, 0.1) is 18.6 Å². The fourth-order valence-corrected chi connectivity index (χ4v) is 2.49. The Labute approximate surface area is 129 Å². The van der Waals surface area contributed by atoms with Crippen molar-refractivity contribution in [3.63, 3.8) is 0 Å². The minimum Gasteiger partial charge on any atom is -0.491 e. The molecule has 0 spiro atoms. The SMILES string of the molecule is CC(C)(C)OC(=O)N1CCOc2ccc3cccnc3c2C1. The highest BCUT2D eigenvalue weighted by Gasteiger charge is 2.26. The Hall–Kier alpha value is -2.30. The van der Waals surface area contributed by atoms with Gasteiger partial charge in [0, 0.05) is 17.1 Å². The molecule has 1 aliphatic rings. The van der Waals surface area contributed by atoms with Gasteiger partial charge in [0.1, 0.15) is 18.0 Å². The molecule has 0 fully saturated rings. The zero-order valence-electron chi connectivity index (χ0n) is 13.1. The number of pyridine rings is 1. The maximum Gasteiger partial charge on any atom is 0.410 e. The van der Waals surface area contributed by atoms with Crippen LogP contribution in [0.1, 0.15) is 26.3 Å². The fourth-order valence-electron chi connectivity index (χ4n) is 2.49. The van der Waals surface area contributed by atoms with Gasteiger partial charge in [-0.2, -0.15) is 0 Å². The molecule has 22 heavy (non-hydrogen) atoms. The van der Waals surface area contributed by atoms with Crippen molar-refractivity contribution in [2.24, 2.45) is 0 Å². The lowest BCUT2D eigenvalue weighted by atomic mass is 10.1. The summed E-state index contributed by atoms with van der Waals surface area (Å²) in [4.78, 5) is 18.5. The van der Waals surface area contributed by atoms with Crippen molar-refractivity contribution in [3.05, 3.63) is 36.0 Å². The van der Waals surface area contributed by atoms with Gasteiger partial charge in [-0.15, -0.1) is 0 Å². The molecular weight excluding hydrogens is 280 g/mol. The van der Waals surface area contributed by atoms with Gasteiger partial charge in [-0.05, 0) is 39.0 Å². The monoisotopic (exact) mass is 300 g/mol. The zero-order chi connectivity index (χ0) is 15.7. The van der Waals surface area contributed by atoms with Gasteiger partial charge < -0.3 is 14.4 Å². The predicted octanol–water partition coefficient (Wildman–Crippen LogP) is 3.36. The van der Waals surface area contributed by atoms with Crippen LogP contribution in [0.15, 0.2) is 30.5 Å². The first-order valence-corrected chi connectivity index (χ1v) is 7.41. The summed E-state index contributed by atoms with van der Waals surface area (Å²) in [5.41, 5.74) is 1.29. The van der Waals surface area contributed by atoms with Gasteiger partial charge >= 0.3 is 6.09 Å². The van der Waals surface area contributed by atoms with E-state index in [1.807, 2.05) is 45.0 Å². The average molecular weight is 300 g/mol. The number of benzene rings is 1. The van der Waals surface area contributed by atoms with E-state index in [1.165, 1.54) is 0 Å². The van der Waals surface area contributed by atoms with E-state index in [1.54, 1.807) is 11.1 Å². The Morgan fingerprint density at radius 1 is 1.32 bits per heavy atom.